The van der Waals surface area contributed by atoms with Crippen molar-refractivity contribution in [1.29, 1.82) is 0 Å². The van der Waals surface area contributed by atoms with Crippen LogP contribution in [0.4, 0.5) is 0 Å². The molecule has 1 heterocycles. The van der Waals surface area contributed by atoms with Gasteiger partial charge in [-0.2, -0.15) is 4.31 Å². The number of hydrogen-bond acceptors (Lipinski definition) is 2. The van der Waals surface area contributed by atoms with Gasteiger partial charge in [-0.1, -0.05) is 29.3 Å². The molecule has 1 aromatic carbocycles. The molecule has 1 aromatic rings. The second-order valence-electron chi connectivity index (χ2n) is 5.54. The molecular formula is C15H22BrNO2S. The first kappa shape index (κ1) is 16.0. The number of piperidine rings is 1. The van der Waals surface area contributed by atoms with E-state index in [9.17, 15) is 8.42 Å². The Morgan fingerprint density at radius 2 is 1.95 bits per heavy atom. The molecule has 1 aliphatic rings. The minimum atomic E-state index is -3.38. The first-order valence-electron chi connectivity index (χ1n) is 7.16. The summed E-state index contributed by atoms with van der Waals surface area (Å²) in [5.74, 6) is 0. The molecule has 0 aliphatic carbocycles. The second kappa shape index (κ2) is 6.16. The highest BCUT2D eigenvalue weighted by molar-refractivity contribution is 9.10. The lowest BCUT2D eigenvalue weighted by Gasteiger charge is -2.34. The number of rotatable bonds is 3. The highest BCUT2D eigenvalue weighted by atomic mass is 79.9. The average Bonchev–Trinajstić information content (AvgIpc) is 2.42. The molecule has 3 nitrogen and oxygen atoms in total. The Labute approximate surface area is 130 Å². The van der Waals surface area contributed by atoms with Crippen LogP contribution >= 0.6 is 15.9 Å². The molecule has 112 valence electrons. The molecule has 5 heteroatoms. The molecule has 20 heavy (non-hydrogen) atoms. The highest BCUT2D eigenvalue weighted by Crippen LogP contribution is 2.31. The number of benzene rings is 1. The van der Waals surface area contributed by atoms with Crippen molar-refractivity contribution in [3.05, 3.63) is 27.7 Å². The third-order valence-electron chi connectivity index (χ3n) is 4.09. The molecule has 1 aliphatic heterocycles. The standard InChI is InChI=1S/C15H22BrNO2S/c1-4-13-7-5-6-8-17(13)20(18,19)15-10-11(2)14(16)9-12(15)3/h9-10,13H,4-8H2,1-3H3. The van der Waals surface area contributed by atoms with E-state index in [1.165, 1.54) is 0 Å². The van der Waals surface area contributed by atoms with E-state index in [0.29, 0.717) is 11.4 Å². The van der Waals surface area contributed by atoms with E-state index in [2.05, 4.69) is 22.9 Å². The van der Waals surface area contributed by atoms with Crippen LogP contribution in [0, 0.1) is 13.8 Å². The third kappa shape index (κ3) is 2.95. The van der Waals surface area contributed by atoms with Gasteiger partial charge in [0, 0.05) is 17.1 Å². The zero-order valence-electron chi connectivity index (χ0n) is 12.3. The summed E-state index contributed by atoms with van der Waals surface area (Å²) in [6, 6.07) is 3.83. The zero-order valence-corrected chi connectivity index (χ0v) is 14.7. The van der Waals surface area contributed by atoms with Crippen molar-refractivity contribution in [2.24, 2.45) is 0 Å². The molecular weight excluding hydrogens is 338 g/mol. The summed E-state index contributed by atoms with van der Waals surface area (Å²) in [6.45, 7) is 6.51. The van der Waals surface area contributed by atoms with Gasteiger partial charge in [0.05, 0.1) is 4.90 Å². The quantitative estimate of drug-likeness (QED) is 0.817. The summed E-state index contributed by atoms with van der Waals surface area (Å²) in [4.78, 5) is 0.457. The van der Waals surface area contributed by atoms with Gasteiger partial charge in [0.1, 0.15) is 0 Å². The number of hydrogen-bond donors (Lipinski definition) is 0. The van der Waals surface area contributed by atoms with Crippen LogP contribution in [-0.2, 0) is 10.0 Å². The summed E-state index contributed by atoms with van der Waals surface area (Å²) in [5.41, 5.74) is 1.77. The molecule has 0 spiro atoms. The van der Waals surface area contributed by atoms with E-state index in [4.69, 9.17) is 0 Å². The number of aryl methyl sites for hydroxylation is 2. The summed E-state index contributed by atoms with van der Waals surface area (Å²) in [6.07, 6.45) is 3.95. The van der Waals surface area contributed by atoms with Crippen LogP contribution in [0.2, 0.25) is 0 Å². The topological polar surface area (TPSA) is 37.4 Å². The van der Waals surface area contributed by atoms with Gasteiger partial charge in [-0.25, -0.2) is 8.42 Å². The summed E-state index contributed by atoms with van der Waals surface area (Å²) >= 11 is 3.46. The molecule has 1 unspecified atom stereocenters. The van der Waals surface area contributed by atoms with Gasteiger partial charge in [0.25, 0.3) is 0 Å². The monoisotopic (exact) mass is 359 g/mol. The van der Waals surface area contributed by atoms with Crippen LogP contribution in [-0.4, -0.2) is 25.3 Å². The Bertz CT molecular complexity index is 598. The minimum Gasteiger partial charge on any atom is -0.207 e. The van der Waals surface area contributed by atoms with Gasteiger partial charge in [0.15, 0.2) is 0 Å². The van der Waals surface area contributed by atoms with Crippen molar-refractivity contribution >= 4 is 26.0 Å². The SMILES string of the molecule is CCC1CCCCN1S(=O)(=O)c1cc(C)c(Br)cc1C. The smallest absolute Gasteiger partial charge is 0.207 e. The Morgan fingerprint density at radius 3 is 2.60 bits per heavy atom. The van der Waals surface area contributed by atoms with Crippen LogP contribution in [0.5, 0.6) is 0 Å². The first-order chi connectivity index (χ1) is 9.37. The molecule has 0 saturated carbocycles. The minimum absolute atomic E-state index is 0.150. The van der Waals surface area contributed by atoms with Crippen molar-refractivity contribution in [3.8, 4) is 0 Å². The van der Waals surface area contributed by atoms with Crippen molar-refractivity contribution < 1.29 is 8.42 Å². The van der Waals surface area contributed by atoms with Crippen LogP contribution in [0.25, 0.3) is 0 Å². The Kier molecular flexibility index (Phi) is 4.92. The molecule has 1 saturated heterocycles. The van der Waals surface area contributed by atoms with E-state index in [-0.39, 0.29) is 6.04 Å². The van der Waals surface area contributed by atoms with Crippen molar-refractivity contribution in [2.45, 2.75) is 57.4 Å². The van der Waals surface area contributed by atoms with Gasteiger partial charge >= 0.3 is 0 Å². The van der Waals surface area contributed by atoms with Gasteiger partial charge in [-0.15, -0.1) is 0 Å². The van der Waals surface area contributed by atoms with E-state index < -0.39 is 10.0 Å². The largest absolute Gasteiger partial charge is 0.243 e. The van der Waals surface area contributed by atoms with Gasteiger partial charge in [-0.05, 0) is 56.4 Å². The number of sulfonamides is 1. The average molecular weight is 360 g/mol. The number of nitrogens with zero attached hydrogens (tertiary/aromatic N) is 1. The predicted molar refractivity (Wildman–Crippen MR) is 85.4 cm³/mol. The molecule has 0 amide bonds. The van der Waals surface area contributed by atoms with E-state index in [0.717, 1.165) is 41.3 Å². The summed E-state index contributed by atoms with van der Waals surface area (Å²) in [5, 5.41) is 0. The van der Waals surface area contributed by atoms with Gasteiger partial charge < -0.3 is 0 Å². The Balaban J connectivity index is 2.46. The Morgan fingerprint density at radius 1 is 1.25 bits per heavy atom. The highest BCUT2D eigenvalue weighted by Gasteiger charge is 2.33. The first-order valence-corrected chi connectivity index (χ1v) is 9.39. The lowest BCUT2D eigenvalue weighted by Crippen LogP contribution is -2.43. The fourth-order valence-corrected chi connectivity index (χ4v) is 5.38. The fourth-order valence-electron chi connectivity index (χ4n) is 2.86. The normalized spacial score (nSPS) is 21.1. The van der Waals surface area contributed by atoms with Crippen molar-refractivity contribution in [1.82, 2.24) is 4.31 Å². The summed E-state index contributed by atoms with van der Waals surface area (Å²) in [7, 11) is -3.38. The van der Waals surface area contributed by atoms with Crippen LogP contribution in [0.3, 0.4) is 0 Å². The summed E-state index contributed by atoms with van der Waals surface area (Å²) < 4.78 is 28.6. The molecule has 0 bridgehead atoms. The van der Waals surface area contributed by atoms with Crippen LogP contribution < -0.4 is 0 Å². The van der Waals surface area contributed by atoms with Gasteiger partial charge in [-0.3, -0.25) is 0 Å². The third-order valence-corrected chi connectivity index (χ3v) is 7.04. The zero-order chi connectivity index (χ0) is 14.9. The lowest BCUT2D eigenvalue weighted by atomic mass is 10.0. The molecule has 0 aromatic heterocycles. The van der Waals surface area contributed by atoms with Crippen LogP contribution in [0.15, 0.2) is 21.5 Å². The maximum Gasteiger partial charge on any atom is 0.243 e. The lowest BCUT2D eigenvalue weighted by molar-refractivity contribution is 0.246. The van der Waals surface area contributed by atoms with Crippen molar-refractivity contribution in [2.75, 3.05) is 6.54 Å². The van der Waals surface area contributed by atoms with E-state index >= 15 is 0 Å². The maximum atomic E-state index is 13.0. The number of halogens is 1. The van der Waals surface area contributed by atoms with E-state index in [1.54, 1.807) is 10.4 Å². The molecule has 0 radical (unpaired) electrons. The van der Waals surface area contributed by atoms with Crippen molar-refractivity contribution in [3.63, 3.8) is 0 Å². The second-order valence-corrected chi connectivity index (χ2v) is 8.25. The molecule has 1 atom stereocenters. The van der Waals surface area contributed by atoms with Gasteiger partial charge in [0.2, 0.25) is 10.0 Å². The molecule has 2 rings (SSSR count). The molecule has 1 fully saturated rings. The fraction of sp³-hybridized carbons (Fsp3) is 0.600. The van der Waals surface area contributed by atoms with E-state index in [1.807, 2.05) is 19.9 Å². The Hall–Kier alpha value is -0.390. The molecule has 0 N–H and O–H groups in total. The van der Waals surface area contributed by atoms with Crippen LogP contribution in [0.1, 0.15) is 43.7 Å². The maximum absolute atomic E-state index is 13.0. The predicted octanol–water partition coefficient (Wildman–Crippen LogP) is 4.02.